The fourth-order valence-corrected chi connectivity index (χ4v) is 2.83. The van der Waals surface area contributed by atoms with Gasteiger partial charge >= 0.3 is 0 Å². The molecule has 8 heavy (non-hydrogen) atoms. The van der Waals surface area contributed by atoms with E-state index in [-0.39, 0.29) is 17.1 Å². The lowest BCUT2D eigenvalue weighted by Gasteiger charge is -2.48. The molecule has 0 amide bonds. The second-order valence-electron chi connectivity index (χ2n) is 1.85. The molecule has 1 spiro atoms. The molecule has 0 N–H and O–H groups in total. The molecule has 44 valence electrons. The van der Waals surface area contributed by atoms with E-state index in [0.29, 0.717) is 0 Å². The molecule has 2 aliphatic heterocycles. The largest absolute Gasteiger partial charge is 0.322 e. The van der Waals surface area contributed by atoms with Crippen molar-refractivity contribution in [2.75, 3.05) is 6.66 Å². The first-order valence-electron chi connectivity index (χ1n) is 2.32. The van der Waals surface area contributed by atoms with Crippen LogP contribution in [0.1, 0.15) is 0 Å². The molecule has 0 aromatic heterocycles. The van der Waals surface area contributed by atoms with E-state index >= 15 is 0 Å². The molecule has 0 bridgehead atoms. The van der Waals surface area contributed by atoms with Gasteiger partial charge in [0.1, 0.15) is 0 Å². The van der Waals surface area contributed by atoms with Gasteiger partial charge in [-0.3, -0.25) is 9.05 Å². The Morgan fingerprint density at radius 3 is 2.38 bits per heavy atom. The van der Waals surface area contributed by atoms with Crippen LogP contribution in [-0.4, -0.2) is 19.5 Å². The summed E-state index contributed by atoms with van der Waals surface area (Å²) in [6.07, 6.45) is 0. The molecule has 2 fully saturated rings. The first kappa shape index (κ1) is 5.58. The third-order valence-corrected chi connectivity index (χ3v) is 3.32. The van der Waals surface area contributed by atoms with Crippen LogP contribution in [0.5, 0.6) is 0 Å². The zero-order valence-electron chi connectivity index (χ0n) is 4.38. The Morgan fingerprint density at radius 1 is 1.62 bits per heavy atom. The molecule has 2 aliphatic rings. The quantitative estimate of drug-likeness (QED) is 0.372. The number of hydrogen-bond donors (Lipinski definition) is 0. The summed E-state index contributed by atoms with van der Waals surface area (Å²) in [4.78, 5) is 0. The summed E-state index contributed by atoms with van der Waals surface area (Å²) < 4.78 is 15.2. The summed E-state index contributed by atoms with van der Waals surface area (Å²) in [6.45, 7) is 3.02. The molecule has 0 radical (unpaired) electrons. The van der Waals surface area contributed by atoms with Crippen LogP contribution in [0.3, 0.4) is 0 Å². The minimum atomic E-state index is -0.543. The molecule has 0 aromatic carbocycles. The normalized spacial score (nSPS) is 54.9. The third kappa shape index (κ3) is 0.648. The van der Waals surface area contributed by atoms with Crippen LogP contribution in [0.2, 0.25) is 0 Å². The van der Waals surface area contributed by atoms with Crippen molar-refractivity contribution >= 4 is 24.1 Å². The fourth-order valence-electron chi connectivity index (χ4n) is 0.739. The van der Waals surface area contributed by atoms with Gasteiger partial charge in [-0.15, -0.1) is 0 Å². The highest BCUT2D eigenvalue weighted by Gasteiger charge is 2.54. The Labute approximate surface area is 51.1 Å². The molecule has 2 heterocycles. The van der Waals surface area contributed by atoms with E-state index in [1.165, 1.54) is 0 Å². The van der Waals surface area contributed by atoms with Crippen molar-refractivity contribution in [3.8, 4) is 0 Å². The van der Waals surface area contributed by atoms with Gasteiger partial charge in [-0.25, -0.2) is 0 Å². The lowest BCUT2D eigenvalue weighted by atomic mass is 10.1. The monoisotopic (exact) mass is 150 g/mol. The summed E-state index contributed by atoms with van der Waals surface area (Å²) in [5, 5.41) is 0. The van der Waals surface area contributed by atoms with E-state index < -0.39 is 5.87 Å². The average Bonchev–Trinajstić information content (AvgIpc) is 1.51. The first-order chi connectivity index (χ1) is 3.81. The van der Waals surface area contributed by atoms with Crippen LogP contribution < -0.4 is 0 Å². The van der Waals surface area contributed by atoms with Gasteiger partial charge in [0.25, 0.3) is 12.9 Å². The van der Waals surface area contributed by atoms with Gasteiger partial charge in [0.05, 0.1) is 0 Å². The van der Waals surface area contributed by atoms with E-state index in [2.05, 4.69) is 6.66 Å². The number of hydrogen-bond acceptors (Lipinski definition) is 3. The standard InChI is InChI=1S/C2H5BO3P2/c1-8-3-2(6-8)4-7-5-2/h3,7H,1H3. The van der Waals surface area contributed by atoms with E-state index in [0.717, 1.165) is 7.00 Å². The van der Waals surface area contributed by atoms with E-state index in [1.54, 1.807) is 0 Å². The van der Waals surface area contributed by atoms with Crippen LogP contribution in [-0.2, 0) is 13.6 Å². The van der Waals surface area contributed by atoms with Crippen molar-refractivity contribution in [3.63, 3.8) is 0 Å². The maximum absolute atomic E-state index is 5.19. The van der Waals surface area contributed by atoms with Crippen molar-refractivity contribution in [2.24, 2.45) is 0 Å². The maximum atomic E-state index is 5.19. The second kappa shape index (κ2) is 1.65. The SMILES string of the molecule is CP1BC2(OPO2)O1. The van der Waals surface area contributed by atoms with Gasteiger partial charge < -0.3 is 4.52 Å². The molecule has 0 aromatic rings. The van der Waals surface area contributed by atoms with E-state index in [9.17, 15) is 0 Å². The molecule has 2 saturated heterocycles. The van der Waals surface area contributed by atoms with Crippen LogP contribution in [0.4, 0.5) is 0 Å². The van der Waals surface area contributed by atoms with Crippen molar-refractivity contribution < 1.29 is 13.6 Å². The first-order valence-corrected chi connectivity index (χ1v) is 5.03. The Morgan fingerprint density at radius 2 is 2.25 bits per heavy atom. The molecule has 1 unspecified atom stereocenters. The average molecular weight is 150 g/mol. The summed E-state index contributed by atoms with van der Waals surface area (Å²) in [5.74, 6) is -0.543. The van der Waals surface area contributed by atoms with Gasteiger partial charge in [0, 0.05) is 0 Å². The Hall–Kier alpha value is 0.805. The van der Waals surface area contributed by atoms with Gasteiger partial charge in [0.15, 0.2) is 9.03 Å². The summed E-state index contributed by atoms with van der Waals surface area (Å²) in [7, 11) is -0.000257. The van der Waals surface area contributed by atoms with Crippen LogP contribution in [0.15, 0.2) is 0 Å². The molecule has 2 rings (SSSR count). The molecule has 0 aliphatic carbocycles. The fraction of sp³-hybridized carbons (Fsp3) is 1.00. The van der Waals surface area contributed by atoms with Crippen molar-refractivity contribution in [1.82, 2.24) is 0 Å². The second-order valence-corrected chi connectivity index (χ2v) is 4.18. The van der Waals surface area contributed by atoms with Crippen LogP contribution in [0.25, 0.3) is 0 Å². The Kier molecular flexibility index (Phi) is 1.15. The maximum Gasteiger partial charge on any atom is 0.299 e. The van der Waals surface area contributed by atoms with Gasteiger partial charge in [-0.1, -0.05) is 0 Å². The zero-order chi connectivity index (χ0) is 5.61. The molecule has 0 saturated carbocycles. The summed E-state index contributed by atoms with van der Waals surface area (Å²) in [6, 6.07) is 0. The van der Waals surface area contributed by atoms with Crippen molar-refractivity contribution in [2.45, 2.75) is 5.87 Å². The summed E-state index contributed by atoms with van der Waals surface area (Å²) >= 11 is 0. The van der Waals surface area contributed by atoms with Gasteiger partial charge in [-0.05, 0) is 14.7 Å². The smallest absolute Gasteiger partial charge is 0.299 e. The zero-order valence-corrected chi connectivity index (χ0v) is 6.27. The minimum Gasteiger partial charge on any atom is -0.322 e. The molecule has 6 heteroatoms. The van der Waals surface area contributed by atoms with E-state index in [1.807, 2.05) is 0 Å². The lowest BCUT2D eigenvalue weighted by molar-refractivity contribution is -0.240. The van der Waals surface area contributed by atoms with Crippen LogP contribution >= 0.6 is 17.1 Å². The molecule has 1 atom stereocenters. The lowest BCUT2D eigenvalue weighted by Crippen LogP contribution is -2.52. The van der Waals surface area contributed by atoms with Crippen molar-refractivity contribution in [1.29, 1.82) is 0 Å². The Balaban J connectivity index is 1.92. The topological polar surface area (TPSA) is 27.7 Å². The molecule has 3 nitrogen and oxygen atoms in total. The van der Waals surface area contributed by atoms with Gasteiger partial charge in [0.2, 0.25) is 0 Å². The van der Waals surface area contributed by atoms with Gasteiger partial charge in [-0.2, -0.15) is 0 Å². The van der Waals surface area contributed by atoms with Crippen molar-refractivity contribution in [3.05, 3.63) is 0 Å². The predicted molar refractivity (Wildman–Crippen MR) is 34.3 cm³/mol. The Bertz CT molecular complexity index is 108. The third-order valence-electron chi connectivity index (χ3n) is 1.11. The highest BCUT2D eigenvalue weighted by atomic mass is 31.1. The van der Waals surface area contributed by atoms with E-state index in [4.69, 9.17) is 13.6 Å². The highest BCUT2D eigenvalue weighted by molar-refractivity contribution is 7.84. The van der Waals surface area contributed by atoms with Crippen LogP contribution in [0, 0.1) is 0 Å². The highest BCUT2D eigenvalue weighted by Crippen LogP contribution is 2.60. The predicted octanol–water partition coefficient (Wildman–Crippen LogP) is 0.561. The minimum absolute atomic E-state index is 0.205. The molecular formula is C2H5BO3P2. The number of rotatable bonds is 0. The summed E-state index contributed by atoms with van der Waals surface area (Å²) in [5.41, 5.74) is 0. The molecular weight excluding hydrogens is 145 g/mol.